The van der Waals surface area contributed by atoms with Crippen LogP contribution >= 0.6 is 0 Å². The van der Waals surface area contributed by atoms with Gasteiger partial charge in [0.05, 0.1) is 18.1 Å². The highest BCUT2D eigenvalue weighted by Gasteiger charge is 2.26. The Bertz CT molecular complexity index is 1220. The predicted octanol–water partition coefficient (Wildman–Crippen LogP) is 4.75. The fraction of sp³-hybridized carbons (Fsp3) is 0.462. The van der Waals surface area contributed by atoms with Crippen LogP contribution in [0.1, 0.15) is 67.9 Å². The third-order valence-corrected chi connectivity index (χ3v) is 6.19. The van der Waals surface area contributed by atoms with Gasteiger partial charge in [0.1, 0.15) is 29.1 Å². The molecule has 0 saturated heterocycles. The van der Waals surface area contributed by atoms with Gasteiger partial charge in [-0.15, -0.1) is 0 Å². The Labute approximate surface area is 205 Å². The van der Waals surface area contributed by atoms with Gasteiger partial charge in [0.15, 0.2) is 5.78 Å². The van der Waals surface area contributed by atoms with Gasteiger partial charge in [-0.25, -0.2) is 14.8 Å². The second-order valence-corrected chi connectivity index (χ2v) is 10.00. The van der Waals surface area contributed by atoms with E-state index in [-0.39, 0.29) is 24.0 Å². The number of H-pyrrole nitrogens is 1. The number of nitrogens with one attached hydrogen (secondary N) is 3. The van der Waals surface area contributed by atoms with Crippen molar-refractivity contribution in [3.8, 4) is 5.75 Å². The summed E-state index contributed by atoms with van der Waals surface area (Å²) in [6.45, 7) is 7.46. The van der Waals surface area contributed by atoms with Gasteiger partial charge >= 0.3 is 6.09 Å². The Balaban J connectivity index is 1.48. The number of ether oxygens (including phenoxy) is 2. The lowest BCUT2D eigenvalue weighted by atomic mass is 9.91. The van der Waals surface area contributed by atoms with E-state index >= 15 is 0 Å². The molecule has 1 aliphatic carbocycles. The highest BCUT2D eigenvalue weighted by Crippen LogP contribution is 2.30. The molecule has 4 rings (SSSR count). The average molecular weight is 480 g/mol. The Hall–Kier alpha value is -3.62. The SMILES string of the molecule is COc1ccc(C)c(C(=O)c2c[nH]c3ncnc(NC4CCC(NC(=O)OC(C)(C)C)CC4)c23)c1. The van der Waals surface area contributed by atoms with Crippen LogP contribution in [0.5, 0.6) is 5.75 Å². The molecule has 0 bridgehead atoms. The van der Waals surface area contributed by atoms with E-state index in [4.69, 9.17) is 9.47 Å². The molecular formula is C26H33N5O4. The van der Waals surface area contributed by atoms with Gasteiger partial charge in [-0.3, -0.25) is 4.79 Å². The zero-order valence-corrected chi connectivity index (χ0v) is 20.9. The highest BCUT2D eigenvalue weighted by atomic mass is 16.6. The number of fused-ring (bicyclic) bond motifs is 1. The number of nitrogens with zero attached hydrogens (tertiary/aromatic N) is 2. The quantitative estimate of drug-likeness (QED) is 0.437. The number of hydrogen-bond donors (Lipinski definition) is 3. The molecule has 186 valence electrons. The number of carbonyl (C=O) groups excluding carboxylic acids is 2. The number of rotatable bonds is 6. The molecule has 3 N–H and O–H groups in total. The molecule has 9 nitrogen and oxygen atoms in total. The third-order valence-electron chi connectivity index (χ3n) is 6.19. The molecule has 35 heavy (non-hydrogen) atoms. The van der Waals surface area contributed by atoms with E-state index in [0.717, 1.165) is 31.2 Å². The number of methoxy groups -OCH3 is 1. The molecule has 2 heterocycles. The summed E-state index contributed by atoms with van der Waals surface area (Å²) in [6.07, 6.45) is 6.16. The minimum atomic E-state index is -0.518. The standard InChI is InChI=1S/C26H33N5O4/c1-15-6-11-18(34-5)12-19(15)22(32)20-13-27-23-21(20)24(29-14-28-23)30-16-7-9-17(10-8-16)31-25(33)35-26(2,3)4/h6,11-14,16-17H,7-10H2,1-5H3,(H,31,33)(H2,27,28,29,30). The number of benzene rings is 1. The highest BCUT2D eigenvalue weighted by molar-refractivity contribution is 6.18. The molecule has 0 unspecified atom stereocenters. The lowest BCUT2D eigenvalue weighted by Gasteiger charge is -2.30. The van der Waals surface area contributed by atoms with Crippen LogP contribution in [0, 0.1) is 6.92 Å². The van der Waals surface area contributed by atoms with Crippen molar-refractivity contribution < 1.29 is 19.1 Å². The topological polar surface area (TPSA) is 118 Å². The molecule has 1 fully saturated rings. The summed E-state index contributed by atoms with van der Waals surface area (Å²) >= 11 is 0. The summed E-state index contributed by atoms with van der Waals surface area (Å²) in [5.74, 6) is 1.14. The van der Waals surface area contributed by atoms with Gasteiger partial charge in [-0.2, -0.15) is 0 Å². The summed E-state index contributed by atoms with van der Waals surface area (Å²) in [5, 5.41) is 7.16. The van der Waals surface area contributed by atoms with Crippen molar-refractivity contribution in [1.82, 2.24) is 20.3 Å². The molecule has 0 aliphatic heterocycles. The molecule has 1 aromatic carbocycles. The van der Waals surface area contributed by atoms with Crippen LogP contribution in [0.25, 0.3) is 11.0 Å². The lowest BCUT2D eigenvalue weighted by molar-refractivity contribution is 0.0492. The summed E-state index contributed by atoms with van der Waals surface area (Å²) < 4.78 is 10.7. The minimum absolute atomic E-state index is 0.0775. The maximum atomic E-state index is 13.5. The fourth-order valence-corrected chi connectivity index (χ4v) is 4.42. The molecule has 0 atom stereocenters. The Kier molecular flexibility index (Phi) is 6.95. The second kappa shape index (κ2) is 9.93. The van der Waals surface area contributed by atoms with Crippen molar-refractivity contribution in [1.29, 1.82) is 0 Å². The summed E-state index contributed by atoms with van der Waals surface area (Å²) in [6, 6.07) is 5.72. The maximum absolute atomic E-state index is 13.5. The maximum Gasteiger partial charge on any atom is 0.407 e. The normalized spacial score (nSPS) is 18.2. The first-order valence-electron chi connectivity index (χ1n) is 11.9. The zero-order valence-electron chi connectivity index (χ0n) is 20.9. The Morgan fingerprint density at radius 3 is 2.46 bits per heavy atom. The van der Waals surface area contributed by atoms with Crippen molar-refractivity contribution >= 4 is 28.7 Å². The fourth-order valence-electron chi connectivity index (χ4n) is 4.42. The van der Waals surface area contributed by atoms with Gasteiger partial charge in [-0.05, 0) is 71.1 Å². The first kappa shape index (κ1) is 24.5. The monoisotopic (exact) mass is 479 g/mol. The van der Waals surface area contributed by atoms with Gasteiger partial charge in [0.2, 0.25) is 0 Å². The Morgan fingerprint density at radius 2 is 1.77 bits per heavy atom. The number of amides is 1. The molecule has 1 amide bonds. The van der Waals surface area contributed by atoms with Gasteiger partial charge in [0, 0.05) is 23.8 Å². The first-order chi connectivity index (χ1) is 16.6. The van der Waals surface area contributed by atoms with E-state index in [1.54, 1.807) is 19.4 Å². The smallest absolute Gasteiger partial charge is 0.407 e. The molecule has 2 aromatic heterocycles. The van der Waals surface area contributed by atoms with E-state index in [1.165, 1.54) is 6.33 Å². The van der Waals surface area contributed by atoms with Crippen LogP contribution in [0.15, 0.2) is 30.7 Å². The van der Waals surface area contributed by atoms with Crippen molar-refractivity contribution in [3.05, 3.63) is 47.4 Å². The average Bonchev–Trinajstić information content (AvgIpc) is 3.24. The summed E-state index contributed by atoms with van der Waals surface area (Å²) in [5.41, 5.74) is 2.04. The molecule has 0 spiro atoms. The number of carbonyl (C=O) groups is 2. The van der Waals surface area contributed by atoms with Crippen molar-refractivity contribution in [2.24, 2.45) is 0 Å². The zero-order chi connectivity index (χ0) is 25.2. The van der Waals surface area contributed by atoms with Gasteiger partial charge in [-0.1, -0.05) is 6.07 Å². The van der Waals surface area contributed by atoms with E-state index in [1.807, 2.05) is 39.8 Å². The van der Waals surface area contributed by atoms with Gasteiger partial charge < -0.3 is 25.1 Å². The number of aromatic amines is 1. The number of aryl methyl sites for hydroxylation is 1. The largest absolute Gasteiger partial charge is 0.497 e. The molecular weight excluding hydrogens is 446 g/mol. The van der Waals surface area contributed by atoms with Gasteiger partial charge in [0.25, 0.3) is 0 Å². The van der Waals surface area contributed by atoms with Crippen LogP contribution in [0.2, 0.25) is 0 Å². The Morgan fingerprint density at radius 1 is 1.06 bits per heavy atom. The van der Waals surface area contributed by atoms with Crippen LogP contribution in [0.4, 0.5) is 10.6 Å². The van der Waals surface area contributed by atoms with E-state index < -0.39 is 5.60 Å². The number of ketones is 1. The third kappa shape index (κ3) is 5.72. The number of aromatic nitrogens is 3. The minimum Gasteiger partial charge on any atom is -0.497 e. The van der Waals surface area contributed by atoms with E-state index in [0.29, 0.717) is 33.7 Å². The summed E-state index contributed by atoms with van der Waals surface area (Å²) in [4.78, 5) is 37.5. The molecule has 1 saturated carbocycles. The second-order valence-electron chi connectivity index (χ2n) is 10.00. The number of alkyl carbamates (subject to hydrolysis) is 1. The molecule has 3 aromatic rings. The lowest BCUT2D eigenvalue weighted by Crippen LogP contribution is -2.42. The predicted molar refractivity (Wildman–Crippen MR) is 134 cm³/mol. The number of hydrogen-bond acceptors (Lipinski definition) is 7. The van der Waals surface area contributed by atoms with Crippen molar-refractivity contribution in [3.63, 3.8) is 0 Å². The van der Waals surface area contributed by atoms with E-state index in [9.17, 15) is 9.59 Å². The molecule has 1 aliphatic rings. The van der Waals surface area contributed by atoms with Crippen LogP contribution < -0.4 is 15.4 Å². The first-order valence-corrected chi connectivity index (χ1v) is 11.9. The molecule has 9 heteroatoms. The van der Waals surface area contributed by atoms with Crippen LogP contribution in [-0.4, -0.2) is 51.6 Å². The van der Waals surface area contributed by atoms with Crippen LogP contribution in [0.3, 0.4) is 0 Å². The summed E-state index contributed by atoms with van der Waals surface area (Å²) in [7, 11) is 1.58. The molecule has 0 radical (unpaired) electrons. The van der Waals surface area contributed by atoms with Crippen molar-refractivity contribution in [2.45, 2.75) is 71.1 Å². The van der Waals surface area contributed by atoms with E-state index in [2.05, 4.69) is 25.6 Å². The number of anilines is 1. The van der Waals surface area contributed by atoms with Crippen molar-refractivity contribution in [2.75, 3.05) is 12.4 Å². The van der Waals surface area contributed by atoms with Crippen LogP contribution in [-0.2, 0) is 4.74 Å².